The van der Waals surface area contributed by atoms with Gasteiger partial charge in [-0.05, 0) is 0 Å². The van der Waals surface area contributed by atoms with Crippen LogP contribution >= 0.6 is 0 Å². The largest absolute Gasteiger partial charge is 0.425 e. The molecule has 0 saturated carbocycles. The first-order valence-electron chi connectivity index (χ1n) is 3.54. The molecule has 0 bridgehead atoms. The number of carboxylic acids is 1. The van der Waals surface area contributed by atoms with Gasteiger partial charge in [-0.3, -0.25) is 0 Å². The molecule has 1 N–H and O–H groups in total. The SMILES string of the molecule is C=CC(=O)O.CC[CH2][Na].O=S(=O)=O. The Bertz CT molecular complexity index is 210. The van der Waals surface area contributed by atoms with Crippen molar-refractivity contribution in [1.82, 2.24) is 0 Å². The van der Waals surface area contributed by atoms with Crippen molar-refractivity contribution in [3.63, 3.8) is 0 Å². The normalized spacial score (nSPS) is 6.69. The molecule has 0 aliphatic rings. The van der Waals surface area contributed by atoms with E-state index in [4.69, 9.17) is 17.7 Å². The third-order valence-electron chi connectivity index (χ3n) is 0.675. The molecule has 0 aliphatic heterocycles. The summed E-state index contributed by atoms with van der Waals surface area (Å²) < 4.78 is 26.8. The molecule has 0 spiro atoms. The molecular weight excluding hydrogens is 207 g/mol. The van der Waals surface area contributed by atoms with E-state index >= 15 is 0 Å². The van der Waals surface area contributed by atoms with Gasteiger partial charge in [0, 0.05) is 6.08 Å². The fraction of sp³-hybridized carbons (Fsp3) is 0.500. The molecule has 0 radical (unpaired) electrons. The zero-order valence-corrected chi connectivity index (χ0v) is 10.5. The van der Waals surface area contributed by atoms with Gasteiger partial charge in [0.2, 0.25) is 0 Å². The third-order valence-corrected chi connectivity index (χ3v) is 1.67. The number of rotatable bonds is 2. The molecule has 5 nitrogen and oxygen atoms in total. The Morgan fingerprint density at radius 1 is 1.54 bits per heavy atom. The smallest absolute Gasteiger partial charge is 0.142 e. The van der Waals surface area contributed by atoms with Crippen molar-refractivity contribution in [3.05, 3.63) is 12.7 Å². The zero-order valence-electron chi connectivity index (χ0n) is 7.69. The van der Waals surface area contributed by atoms with E-state index in [2.05, 4.69) is 13.5 Å². The molecule has 0 aromatic heterocycles. The summed E-state index contributed by atoms with van der Waals surface area (Å²) in [6.07, 6.45) is 2.21. The molecular formula is C6H11NaO5S. The predicted octanol–water partition coefficient (Wildman–Crippen LogP) is 0.236. The minimum Gasteiger partial charge on any atom is -0.142 e. The zero-order chi connectivity index (χ0) is 11.3. The first-order chi connectivity index (χ1) is 5.92. The summed E-state index contributed by atoms with van der Waals surface area (Å²) in [5, 5.41) is 7.60. The maximum absolute atomic E-state index is 9.25. The number of carbonyl (C=O) groups is 1. The quantitative estimate of drug-likeness (QED) is 0.529. The van der Waals surface area contributed by atoms with Gasteiger partial charge in [-0.1, -0.05) is 6.58 Å². The van der Waals surface area contributed by atoms with Crippen LogP contribution in [0.3, 0.4) is 0 Å². The number of hydrogen-bond donors (Lipinski definition) is 1. The van der Waals surface area contributed by atoms with Crippen molar-refractivity contribution >= 4 is 44.5 Å². The summed E-state index contributed by atoms with van der Waals surface area (Å²) in [5.74, 6) is -0.981. The van der Waals surface area contributed by atoms with Gasteiger partial charge in [-0.2, -0.15) is 0 Å². The molecule has 0 atom stereocenters. The summed E-state index contributed by atoms with van der Waals surface area (Å²) >= 11 is 1.39. The molecule has 0 unspecified atom stereocenters. The van der Waals surface area contributed by atoms with E-state index in [0.717, 1.165) is 6.08 Å². The van der Waals surface area contributed by atoms with Crippen LogP contribution in [0.15, 0.2) is 12.7 Å². The van der Waals surface area contributed by atoms with E-state index in [0.29, 0.717) is 0 Å². The van der Waals surface area contributed by atoms with Gasteiger partial charge in [-0.15, -0.1) is 12.6 Å². The van der Waals surface area contributed by atoms with Gasteiger partial charge in [0.15, 0.2) is 0 Å². The van der Waals surface area contributed by atoms with E-state index in [9.17, 15) is 4.79 Å². The Morgan fingerprint density at radius 3 is 1.69 bits per heavy atom. The fourth-order valence-corrected chi connectivity index (χ4v) is 0. The van der Waals surface area contributed by atoms with Crippen molar-refractivity contribution in [2.45, 2.75) is 17.0 Å². The molecule has 0 rings (SSSR count). The van der Waals surface area contributed by atoms with Gasteiger partial charge in [0.05, 0.1) is 0 Å². The van der Waals surface area contributed by atoms with Crippen LogP contribution in [0, 0.1) is 0 Å². The molecule has 7 heteroatoms. The third kappa shape index (κ3) is 143. The predicted molar refractivity (Wildman–Crippen MR) is 48.4 cm³/mol. The molecule has 0 fully saturated rings. The second kappa shape index (κ2) is 17.8. The monoisotopic (exact) mass is 218 g/mol. The fourth-order valence-electron chi connectivity index (χ4n) is 0. The first kappa shape index (κ1) is 18.6. The van der Waals surface area contributed by atoms with Crippen LogP contribution in [0.5, 0.6) is 0 Å². The van der Waals surface area contributed by atoms with Crippen molar-refractivity contribution in [2.75, 3.05) is 0 Å². The number of hydrogen-bond acceptors (Lipinski definition) is 4. The second-order valence-corrected chi connectivity index (χ2v) is 3.15. The summed E-state index contributed by atoms with van der Waals surface area (Å²) in [7, 11) is -3.11. The average Bonchev–Trinajstić information content (AvgIpc) is 2.04. The number of carboxylic acid groups (broad SMARTS) is 1. The van der Waals surface area contributed by atoms with Crippen LogP contribution in [-0.2, 0) is 15.4 Å². The summed E-state index contributed by atoms with van der Waals surface area (Å²) in [6.45, 7) is 5.18. The van der Waals surface area contributed by atoms with Crippen LogP contribution < -0.4 is 0 Å². The molecule has 13 heavy (non-hydrogen) atoms. The van der Waals surface area contributed by atoms with Crippen molar-refractivity contribution in [3.8, 4) is 0 Å². The molecule has 0 saturated heterocycles. The summed E-state index contributed by atoms with van der Waals surface area (Å²) in [5.41, 5.74) is 0. The number of aliphatic carboxylic acids is 1. The topological polar surface area (TPSA) is 88.5 Å². The van der Waals surface area contributed by atoms with E-state index in [1.54, 1.807) is 0 Å². The average molecular weight is 218 g/mol. The van der Waals surface area contributed by atoms with Crippen LogP contribution in [-0.4, -0.2) is 51.6 Å². The van der Waals surface area contributed by atoms with Crippen LogP contribution in [0.25, 0.3) is 0 Å². The first-order valence-corrected chi connectivity index (χ1v) is 5.95. The second-order valence-electron chi connectivity index (χ2n) is 1.75. The molecule has 72 valence electrons. The van der Waals surface area contributed by atoms with Gasteiger partial charge < -0.3 is 5.11 Å². The van der Waals surface area contributed by atoms with Gasteiger partial charge >= 0.3 is 61.5 Å². The summed E-state index contributed by atoms with van der Waals surface area (Å²) in [4.78, 5) is 9.25. The maximum Gasteiger partial charge on any atom is 0.425 e. The Balaban J connectivity index is -0.000000117. The molecule has 0 amide bonds. The Labute approximate surface area is 96.3 Å². The standard InChI is InChI=1S/C3H4O2.C3H7.Na.O3S/c1-2-3(4)5;1-3-2;;1-4(2)3/h2H,1H2,(H,4,5);1,3H2,2H3;;. The maximum atomic E-state index is 9.25. The van der Waals surface area contributed by atoms with E-state index in [1.807, 2.05) is 0 Å². The van der Waals surface area contributed by atoms with Crippen molar-refractivity contribution < 1.29 is 22.5 Å². The van der Waals surface area contributed by atoms with Gasteiger partial charge in [0.1, 0.15) is 0 Å². The van der Waals surface area contributed by atoms with Crippen LogP contribution in [0.1, 0.15) is 13.3 Å². The molecule has 0 aromatic carbocycles. The Morgan fingerprint density at radius 2 is 1.69 bits per heavy atom. The molecule has 0 aromatic rings. The van der Waals surface area contributed by atoms with Gasteiger partial charge in [0.25, 0.3) is 0 Å². The minimum atomic E-state index is -3.11. The van der Waals surface area contributed by atoms with Gasteiger partial charge in [-0.25, -0.2) is 4.79 Å². The van der Waals surface area contributed by atoms with Crippen LogP contribution in [0.4, 0.5) is 0 Å². The minimum absolute atomic E-state index is 0.833. The van der Waals surface area contributed by atoms with Crippen molar-refractivity contribution in [2.24, 2.45) is 0 Å². The Hall–Kier alpha value is -0.170. The van der Waals surface area contributed by atoms with E-state index in [-0.39, 0.29) is 0 Å². The van der Waals surface area contributed by atoms with E-state index < -0.39 is 16.6 Å². The molecule has 0 aliphatic carbocycles. The van der Waals surface area contributed by atoms with Crippen molar-refractivity contribution in [1.29, 1.82) is 0 Å². The van der Waals surface area contributed by atoms with Crippen LogP contribution in [0.2, 0.25) is 3.67 Å². The molecule has 0 heterocycles. The van der Waals surface area contributed by atoms with E-state index in [1.165, 1.54) is 38.0 Å². The Kier molecular flexibility index (Phi) is 25.4. The summed E-state index contributed by atoms with van der Waals surface area (Å²) in [6, 6.07) is 0.